The van der Waals surface area contributed by atoms with Gasteiger partial charge in [0.05, 0.1) is 10.2 Å². The highest BCUT2D eigenvalue weighted by Gasteiger charge is 2.07. The zero-order valence-electron chi connectivity index (χ0n) is 14.2. The summed E-state index contributed by atoms with van der Waals surface area (Å²) >= 11 is 3.46. The summed E-state index contributed by atoms with van der Waals surface area (Å²) in [7, 11) is 0. The number of thioether (sulfide) groups is 1. The fourth-order valence-corrected chi connectivity index (χ4v) is 4.29. The van der Waals surface area contributed by atoms with Crippen LogP contribution in [0.2, 0.25) is 0 Å². The Morgan fingerprint density at radius 2 is 2.04 bits per heavy atom. The van der Waals surface area contributed by atoms with Crippen molar-refractivity contribution in [2.24, 2.45) is 5.92 Å². The van der Waals surface area contributed by atoms with E-state index in [1.165, 1.54) is 0 Å². The summed E-state index contributed by atoms with van der Waals surface area (Å²) < 4.78 is 2.17. The minimum absolute atomic E-state index is 0.137. The van der Waals surface area contributed by atoms with E-state index < -0.39 is 0 Å². The predicted octanol–water partition coefficient (Wildman–Crippen LogP) is 5.70. The second-order valence-corrected chi connectivity index (χ2v) is 8.40. The molecule has 0 aliphatic heterocycles. The molecule has 3 rings (SSSR count). The molecule has 0 unspecified atom stereocenters. The van der Waals surface area contributed by atoms with Gasteiger partial charge in [-0.25, -0.2) is 4.98 Å². The molecule has 2 aromatic carbocycles. The van der Waals surface area contributed by atoms with Crippen molar-refractivity contribution in [3.05, 3.63) is 60.2 Å². The van der Waals surface area contributed by atoms with Gasteiger partial charge in [0.1, 0.15) is 0 Å². The number of nitrogens with zero attached hydrogens (tertiary/aromatic N) is 1. The van der Waals surface area contributed by atoms with Gasteiger partial charge >= 0.3 is 0 Å². The molecule has 1 heterocycles. The van der Waals surface area contributed by atoms with Crippen LogP contribution in [0.4, 0.5) is 5.69 Å². The van der Waals surface area contributed by atoms with Crippen molar-refractivity contribution in [3.8, 4) is 0 Å². The predicted molar refractivity (Wildman–Crippen MR) is 109 cm³/mol. The quantitative estimate of drug-likeness (QED) is 0.448. The minimum Gasteiger partial charge on any atom is -0.322 e. The molecule has 128 valence electrons. The molecule has 0 aliphatic carbocycles. The molecule has 0 radical (unpaired) electrons. The van der Waals surface area contributed by atoms with Crippen molar-refractivity contribution in [3.63, 3.8) is 0 Å². The lowest BCUT2D eigenvalue weighted by Gasteiger charge is -2.01. The van der Waals surface area contributed by atoms with E-state index in [0.29, 0.717) is 5.92 Å². The SMILES string of the molecule is CC(C)CSc1nc2ccc(NC(=O)C=Cc3ccccc3)cc2s1. The molecular weight excluding hydrogens is 348 g/mol. The van der Waals surface area contributed by atoms with Crippen LogP contribution in [0, 0.1) is 5.92 Å². The minimum atomic E-state index is -0.137. The molecule has 0 saturated carbocycles. The summed E-state index contributed by atoms with van der Waals surface area (Å²) in [5.41, 5.74) is 2.77. The topological polar surface area (TPSA) is 42.0 Å². The Morgan fingerprint density at radius 1 is 1.24 bits per heavy atom. The Balaban J connectivity index is 1.67. The highest BCUT2D eigenvalue weighted by atomic mass is 32.2. The van der Waals surface area contributed by atoms with Gasteiger partial charge in [-0.05, 0) is 35.8 Å². The van der Waals surface area contributed by atoms with Crippen molar-refractivity contribution in [2.45, 2.75) is 18.2 Å². The Kier molecular flexibility index (Phi) is 5.89. The molecule has 0 spiro atoms. The smallest absolute Gasteiger partial charge is 0.248 e. The first-order valence-electron chi connectivity index (χ1n) is 8.17. The standard InChI is InChI=1S/C20H20N2OS2/c1-14(2)13-24-20-22-17-10-9-16(12-18(17)25-20)21-19(23)11-8-15-6-4-3-5-7-15/h3-12,14H,13H2,1-2H3,(H,21,23). The third-order valence-corrected chi connectivity index (χ3v) is 5.99. The van der Waals surface area contributed by atoms with Gasteiger partial charge in [0, 0.05) is 17.5 Å². The molecule has 25 heavy (non-hydrogen) atoms. The highest BCUT2D eigenvalue weighted by Crippen LogP contribution is 2.32. The van der Waals surface area contributed by atoms with Gasteiger partial charge in [-0.2, -0.15) is 0 Å². The zero-order chi connectivity index (χ0) is 17.6. The van der Waals surface area contributed by atoms with Crippen LogP contribution >= 0.6 is 23.1 Å². The van der Waals surface area contributed by atoms with E-state index in [1.54, 1.807) is 35.3 Å². The van der Waals surface area contributed by atoms with E-state index in [4.69, 9.17) is 0 Å². The molecule has 0 fully saturated rings. The zero-order valence-corrected chi connectivity index (χ0v) is 15.9. The number of carbonyl (C=O) groups excluding carboxylic acids is 1. The maximum absolute atomic E-state index is 12.1. The molecular formula is C20H20N2OS2. The fraction of sp³-hybridized carbons (Fsp3) is 0.200. The molecule has 3 nitrogen and oxygen atoms in total. The molecule has 1 N–H and O–H groups in total. The summed E-state index contributed by atoms with van der Waals surface area (Å²) in [5.74, 6) is 1.57. The maximum atomic E-state index is 12.1. The molecule has 5 heteroatoms. The number of fused-ring (bicyclic) bond motifs is 1. The Morgan fingerprint density at radius 3 is 2.80 bits per heavy atom. The van der Waals surface area contributed by atoms with Gasteiger partial charge in [0.2, 0.25) is 5.91 Å². The number of rotatable bonds is 6. The average molecular weight is 369 g/mol. The Bertz CT molecular complexity index is 885. The van der Waals surface area contributed by atoms with Crippen LogP contribution in [-0.4, -0.2) is 16.6 Å². The number of aromatic nitrogens is 1. The molecule has 3 aromatic rings. The number of anilines is 1. The lowest BCUT2D eigenvalue weighted by Crippen LogP contribution is -2.07. The number of thiazole rings is 1. The van der Waals surface area contributed by atoms with E-state index in [-0.39, 0.29) is 5.91 Å². The van der Waals surface area contributed by atoms with Gasteiger partial charge in [0.25, 0.3) is 0 Å². The van der Waals surface area contributed by atoms with E-state index in [0.717, 1.165) is 31.6 Å². The fourth-order valence-electron chi connectivity index (χ4n) is 2.20. The van der Waals surface area contributed by atoms with Crippen LogP contribution < -0.4 is 5.32 Å². The molecule has 0 atom stereocenters. The highest BCUT2D eigenvalue weighted by molar-refractivity contribution is 8.01. The third-order valence-electron chi connectivity index (χ3n) is 3.40. The van der Waals surface area contributed by atoms with E-state index in [2.05, 4.69) is 24.1 Å². The first-order chi connectivity index (χ1) is 12.1. The van der Waals surface area contributed by atoms with Gasteiger partial charge in [-0.3, -0.25) is 4.79 Å². The van der Waals surface area contributed by atoms with E-state index in [9.17, 15) is 4.79 Å². The van der Waals surface area contributed by atoms with Crippen molar-refractivity contribution >= 4 is 51.0 Å². The summed E-state index contributed by atoms with van der Waals surface area (Å²) in [6.45, 7) is 4.41. The lowest BCUT2D eigenvalue weighted by atomic mass is 10.2. The average Bonchev–Trinajstić information content (AvgIpc) is 3.01. The number of amides is 1. The second-order valence-electron chi connectivity index (χ2n) is 6.10. The van der Waals surface area contributed by atoms with Gasteiger partial charge in [-0.15, -0.1) is 11.3 Å². The summed E-state index contributed by atoms with van der Waals surface area (Å²) in [4.78, 5) is 16.7. The molecule has 1 amide bonds. The summed E-state index contributed by atoms with van der Waals surface area (Å²) in [5, 5.41) is 2.91. The Hall–Kier alpha value is -2.11. The molecule has 0 saturated heterocycles. The largest absolute Gasteiger partial charge is 0.322 e. The number of hydrogen-bond acceptors (Lipinski definition) is 4. The van der Waals surface area contributed by atoms with Crippen molar-refractivity contribution < 1.29 is 4.79 Å². The number of benzene rings is 2. The van der Waals surface area contributed by atoms with E-state index in [1.807, 2.05) is 48.5 Å². The van der Waals surface area contributed by atoms with Crippen molar-refractivity contribution in [1.29, 1.82) is 0 Å². The third kappa shape index (κ3) is 5.18. The second kappa shape index (κ2) is 8.32. The van der Waals surface area contributed by atoms with Gasteiger partial charge in [-0.1, -0.05) is 55.9 Å². The summed E-state index contributed by atoms with van der Waals surface area (Å²) in [6.07, 6.45) is 3.36. The lowest BCUT2D eigenvalue weighted by molar-refractivity contribution is -0.111. The van der Waals surface area contributed by atoms with E-state index >= 15 is 0 Å². The first-order valence-corrected chi connectivity index (χ1v) is 9.98. The summed E-state index contributed by atoms with van der Waals surface area (Å²) in [6, 6.07) is 15.6. The van der Waals surface area contributed by atoms with Crippen LogP contribution in [0.15, 0.2) is 58.9 Å². The van der Waals surface area contributed by atoms with Gasteiger partial charge < -0.3 is 5.32 Å². The van der Waals surface area contributed by atoms with Crippen molar-refractivity contribution in [2.75, 3.05) is 11.1 Å². The Labute approximate surface area is 156 Å². The van der Waals surface area contributed by atoms with Crippen LogP contribution in [0.25, 0.3) is 16.3 Å². The van der Waals surface area contributed by atoms with Crippen LogP contribution in [-0.2, 0) is 4.79 Å². The number of carbonyl (C=O) groups is 1. The molecule has 1 aromatic heterocycles. The number of hydrogen-bond donors (Lipinski definition) is 1. The monoisotopic (exact) mass is 368 g/mol. The molecule has 0 aliphatic rings. The first kappa shape index (κ1) is 17.7. The van der Waals surface area contributed by atoms with Crippen LogP contribution in [0.5, 0.6) is 0 Å². The van der Waals surface area contributed by atoms with Crippen molar-refractivity contribution in [1.82, 2.24) is 4.98 Å². The maximum Gasteiger partial charge on any atom is 0.248 e. The number of nitrogens with one attached hydrogen (secondary N) is 1. The van der Waals surface area contributed by atoms with Gasteiger partial charge in [0.15, 0.2) is 4.34 Å². The normalized spacial score (nSPS) is 11.5. The molecule has 0 bridgehead atoms. The van der Waals surface area contributed by atoms with Crippen LogP contribution in [0.1, 0.15) is 19.4 Å². The van der Waals surface area contributed by atoms with Crippen LogP contribution in [0.3, 0.4) is 0 Å².